The molecule has 1 aromatic heterocycles. The van der Waals surface area contributed by atoms with Crippen LogP contribution in [0.2, 0.25) is 5.02 Å². The Labute approximate surface area is 214 Å². The predicted molar refractivity (Wildman–Crippen MR) is 135 cm³/mol. The van der Waals surface area contributed by atoms with Crippen LogP contribution < -0.4 is 10.2 Å². The Hall–Kier alpha value is -3.00. The molecule has 2 aromatic carbocycles. The Morgan fingerprint density at radius 1 is 1.08 bits per heavy atom. The lowest BCUT2D eigenvalue weighted by atomic mass is 9.85. The molecule has 0 radical (unpaired) electrons. The van der Waals surface area contributed by atoms with Crippen LogP contribution in [0, 0.1) is 5.92 Å². The highest BCUT2D eigenvalue weighted by molar-refractivity contribution is 6.33. The van der Waals surface area contributed by atoms with E-state index in [-0.39, 0.29) is 16.6 Å². The maximum atomic E-state index is 13.0. The van der Waals surface area contributed by atoms with Crippen molar-refractivity contribution in [2.75, 3.05) is 18.0 Å². The number of nitrogens with zero attached hydrogens (tertiary/aromatic N) is 2. The van der Waals surface area contributed by atoms with Crippen LogP contribution in [0.15, 0.2) is 60.8 Å². The van der Waals surface area contributed by atoms with E-state index in [9.17, 15) is 18.0 Å². The molecule has 0 spiro atoms. The van der Waals surface area contributed by atoms with E-state index in [0.717, 1.165) is 75.6 Å². The summed E-state index contributed by atoms with van der Waals surface area (Å²) >= 11 is 6.03. The molecule has 0 bridgehead atoms. The maximum Gasteiger partial charge on any atom is 0.416 e. The summed E-state index contributed by atoms with van der Waals surface area (Å²) < 4.78 is 39.1. The van der Waals surface area contributed by atoms with Crippen molar-refractivity contribution in [2.24, 2.45) is 5.92 Å². The Morgan fingerprint density at radius 2 is 1.83 bits per heavy atom. The number of H-pyrrole nitrogens is 1. The first-order valence-electron chi connectivity index (χ1n) is 12.3. The minimum atomic E-state index is -4.53. The number of alkyl halides is 3. The second kappa shape index (κ2) is 11.8. The van der Waals surface area contributed by atoms with E-state index in [1.807, 2.05) is 12.1 Å². The van der Waals surface area contributed by atoms with Crippen molar-refractivity contribution < 1.29 is 18.0 Å². The number of anilines is 1. The smallest absolute Gasteiger partial charge is 0.357 e. The van der Waals surface area contributed by atoms with Gasteiger partial charge in [-0.3, -0.25) is 9.89 Å². The van der Waals surface area contributed by atoms with Crippen molar-refractivity contribution in [1.29, 1.82) is 0 Å². The Balaban J connectivity index is 1.29. The quantitative estimate of drug-likeness (QED) is 0.339. The number of carbonyl (C=O) groups is 1. The molecule has 3 aromatic rings. The molecule has 1 fully saturated rings. The van der Waals surface area contributed by atoms with E-state index >= 15 is 0 Å². The van der Waals surface area contributed by atoms with Crippen molar-refractivity contribution >= 4 is 23.3 Å². The fraction of sp³-hybridized carbons (Fsp3) is 0.407. The molecule has 0 saturated heterocycles. The predicted octanol–water partition coefficient (Wildman–Crippen LogP) is 6.51. The molecule has 0 atom stereocenters. The van der Waals surface area contributed by atoms with Crippen molar-refractivity contribution in [3.05, 3.63) is 82.5 Å². The third-order valence-electron chi connectivity index (χ3n) is 6.76. The third kappa shape index (κ3) is 7.03. The van der Waals surface area contributed by atoms with E-state index in [2.05, 4.69) is 44.7 Å². The van der Waals surface area contributed by atoms with Gasteiger partial charge in [0, 0.05) is 25.2 Å². The zero-order chi connectivity index (χ0) is 25.5. The number of aromatic amines is 1. The molecule has 9 heteroatoms. The van der Waals surface area contributed by atoms with Gasteiger partial charge in [-0.1, -0.05) is 41.9 Å². The fourth-order valence-corrected chi connectivity index (χ4v) is 5.00. The molecule has 1 heterocycles. The summed E-state index contributed by atoms with van der Waals surface area (Å²) in [5, 5.41) is 10.1. The summed E-state index contributed by atoms with van der Waals surface area (Å²) in [6.07, 6.45) is 2.63. The average Bonchev–Trinajstić information content (AvgIpc) is 3.40. The monoisotopic (exact) mass is 518 g/mol. The van der Waals surface area contributed by atoms with Gasteiger partial charge in [-0.05, 0) is 68.2 Å². The number of hydrogen-bond acceptors (Lipinski definition) is 3. The van der Waals surface area contributed by atoms with Crippen LogP contribution in [-0.4, -0.2) is 35.2 Å². The molecule has 0 unspecified atom stereocenters. The van der Waals surface area contributed by atoms with E-state index in [1.165, 1.54) is 5.56 Å². The summed E-state index contributed by atoms with van der Waals surface area (Å²) in [6, 6.07) is 15.1. The fourth-order valence-electron chi connectivity index (χ4n) is 4.79. The van der Waals surface area contributed by atoms with Gasteiger partial charge >= 0.3 is 6.18 Å². The van der Waals surface area contributed by atoms with Gasteiger partial charge in [-0.25, -0.2) is 0 Å². The first-order valence-corrected chi connectivity index (χ1v) is 12.6. The first-order chi connectivity index (χ1) is 17.3. The van der Waals surface area contributed by atoms with Crippen LogP contribution in [0.5, 0.6) is 0 Å². The van der Waals surface area contributed by atoms with Gasteiger partial charge < -0.3 is 10.2 Å². The highest BCUT2D eigenvalue weighted by atomic mass is 35.5. The van der Waals surface area contributed by atoms with Crippen molar-refractivity contribution in [2.45, 2.75) is 50.7 Å². The standard InChI is InChI=1S/C27H30ClF3N4O/c28-24-13-10-21(27(29,30)31)17-23(24)26(36)33-22-11-8-20(9-12-22)18-35(25-14-15-32-34-25)16-4-7-19-5-2-1-3-6-19/h1-3,5-6,10,13-15,17,20,22H,4,7-9,11-12,16,18H2,(H,32,34)(H,33,36). The van der Waals surface area contributed by atoms with Crippen LogP contribution in [0.4, 0.5) is 19.0 Å². The highest BCUT2D eigenvalue weighted by Gasteiger charge is 2.32. The Morgan fingerprint density at radius 3 is 2.50 bits per heavy atom. The molecule has 1 aliphatic carbocycles. The molecular formula is C27H30ClF3N4O. The van der Waals surface area contributed by atoms with Crippen LogP contribution in [0.1, 0.15) is 53.6 Å². The lowest BCUT2D eigenvalue weighted by molar-refractivity contribution is -0.137. The summed E-state index contributed by atoms with van der Waals surface area (Å²) in [4.78, 5) is 15.0. The number of halogens is 4. The summed E-state index contributed by atoms with van der Waals surface area (Å²) in [5.41, 5.74) is 0.295. The molecule has 2 N–H and O–H groups in total. The summed E-state index contributed by atoms with van der Waals surface area (Å²) in [5.74, 6) is 0.891. The molecule has 36 heavy (non-hydrogen) atoms. The van der Waals surface area contributed by atoms with Gasteiger partial charge in [0.2, 0.25) is 0 Å². The second-order valence-electron chi connectivity index (χ2n) is 9.36. The topological polar surface area (TPSA) is 61.0 Å². The number of aryl methyl sites for hydroxylation is 1. The maximum absolute atomic E-state index is 13.0. The summed E-state index contributed by atoms with van der Waals surface area (Å²) in [7, 11) is 0. The van der Waals surface area contributed by atoms with E-state index in [1.54, 1.807) is 6.20 Å². The molecule has 1 aliphatic rings. The zero-order valence-corrected chi connectivity index (χ0v) is 20.7. The highest BCUT2D eigenvalue weighted by Crippen LogP contribution is 2.32. The summed E-state index contributed by atoms with van der Waals surface area (Å²) in [6.45, 7) is 1.79. The van der Waals surface area contributed by atoms with Crippen LogP contribution in [0.3, 0.4) is 0 Å². The lowest BCUT2D eigenvalue weighted by Crippen LogP contribution is -2.40. The Kier molecular flexibility index (Phi) is 8.56. The van der Waals surface area contributed by atoms with E-state index in [0.29, 0.717) is 5.92 Å². The number of carbonyl (C=O) groups excluding carboxylic acids is 1. The van der Waals surface area contributed by atoms with Crippen molar-refractivity contribution in [3.8, 4) is 0 Å². The normalized spacial score (nSPS) is 18.1. The molecule has 1 saturated carbocycles. The lowest BCUT2D eigenvalue weighted by Gasteiger charge is -2.33. The molecule has 0 aliphatic heterocycles. The molecule has 5 nitrogen and oxygen atoms in total. The van der Waals surface area contributed by atoms with Gasteiger partial charge in [0.05, 0.1) is 22.3 Å². The number of hydrogen-bond donors (Lipinski definition) is 2. The van der Waals surface area contributed by atoms with Gasteiger partial charge in [0.15, 0.2) is 0 Å². The number of aromatic nitrogens is 2. The molecule has 192 valence electrons. The second-order valence-corrected chi connectivity index (χ2v) is 9.77. The van der Waals surface area contributed by atoms with Gasteiger partial charge in [0.25, 0.3) is 5.91 Å². The van der Waals surface area contributed by atoms with Crippen LogP contribution >= 0.6 is 11.6 Å². The molecule has 1 amide bonds. The van der Waals surface area contributed by atoms with Crippen molar-refractivity contribution in [1.82, 2.24) is 15.5 Å². The first kappa shape index (κ1) is 26.1. The van der Waals surface area contributed by atoms with Crippen molar-refractivity contribution in [3.63, 3.8) is 0 Å². The molecule has 4 rings (SSSR count). The minimum Gasteiger partial charge on any atom is -0.357 e. The number of benzene rings is 2. The average molecular weight is 519 g/mol. The number of nitrogens with one attached hydrogen (secondary N) is 2. The zero-order valence-electron chi connectivity index (χ0n) is 19.9. The van der Waals surface area contributed by atoms with E-state index in [4.69, 9.17) is 11.6 Å². The van der Waals surface area contributed by atoms with Gasteiger partial charge in [-0.2, -0.15) is 18.3 Å². The van der Waals surface area contributed by atoms with Crippen LogP contribution in [0.25, 0.3) is 0 Å². The third-order valence-corrected chi connectivity index (χ3v) is 7.09. The largest absolute Gasteiger partial charge is 0.416 e. The Bertz CT molecular complexity index is 1110. The van der Waals surface area contributed by atoms with Gasteiger partial charge in [0.1, 0.15) is 5.82 Å². The SMILES string of the molecule is O=C(NC1CCC(CN(CCCc2ccccc2)c2ccn[nH]2)CC1)c1cc(C(F)(F)F)ccc1Cl. The minimum absolute atomic E-state index is 0.0138. The van der Waals surface area contributed by atoms with Crippen LogP contribution in [-0.2, 0) is 12.6 Å². The molecular weight excluding hydrogens is 489 g/mol. The van der Waals surface area contributed by atoms with Gasteiger partial charge in [-0.15, -0.1) is 0 Å². The number of rotatable bonds is 9. The van der Waals surface area contributed by atoms with E-state index < -0.39 is 17.6 Å². The number of amides is 1.